The van der Waals surface area contributed by atoms with E-state index in [0.717, 1.165) is 5.39 Å². The maximum absolute atomic E-state index is 12.5. The highest BCUT2D eigenvalue weighted by molar-refractivity contribution is 6.11. The second-order valence-electron chi connectivity index (χ2n) is 5.72. The summed E-state index contributed by atoms with van der Waals surface area (Å²) in [4.78, 5) is 23.7. The first-order valence-corrected chi connectivity index (χ1v) is 6.61. The van der Waals surface area contributed by atoms with Crippen molar-refractivity contribution in [3.05, 3.63) is 36.4 Å². The van der Waals surface area contributed by atoms with Gasteiger partial charge in [0, 0.05) is 17.8 Å². The van der Waals surface area contributed by atoms with Crippen molar-refractivity contribution >= 4 is 22.9 Å². The molecule has 7 heteroatoms. The Morgan fingerprint density at radius 2 is 2.10 bits per heavy atom. The van der Waals surface area contributed by atoms with E-state index in [9.17, 15) is 4.79 Å². The maximum Gasteiger partial charge on any atom is 0.258 e. The maximum atomic E-state index is 12.5. The average molecular weight is 284 g/mol. The van der Waals surface area contributed by atoms with E-state index in [1.165, 1.54) is 6.33 Å². The van der Waals surface area contributed by atoms with E-state index in [1.54, 1.807) is 23.1 Å². The highest BCUT2D eigenvalue weighted by atomic mass is 16.1. The molecule has 0 saturated carbocycles. The summed E-state index contributed by atoms with van der Waals surface area (Å²) in [7, 11) is 0. The zero-order valence-corrected chi connectivity index (χ0v) is 12.1. The van der Waals surface area contributed by atoms with Gasteiger partial charge in [-0.1, -0.05) is 0 Å². The Hall–Kier alpha value is -2.70. The van der Waals surface area contributed by atoms with Crippen LogP contribution in [0.2, 0.25) is 0 Å². The monoisotopic (exact) mass is 284 g/mol. The molecule has 3 rings (SSSR count). The number of fused-ring (bicyclic) bond motifs is 1. The molecule has 7 nitrogen and oxygen atoms in total. The molecule has 21 heavy (non-hydrogen) atoms. The Labute approximate surface area is 121 Å². The molecule has 0 bridgehead atoms. The fraction of sp³-hybridized carbons (Fsp3) is 0.286. The van der Waals surface area contributed by atoms with Crippen molar-refractivity contribution < 1.29 is 4.79 Å². The van der Waals surface area contributed by atoms with Crippen molar-refractivity contribution in [3.63, 3.8) is 0 Å². The first kappa shape index (κ1) is 13.3. The van der Waals surface area contributed by atoms with Gasteiger partial charge in [0.25, 0.3) is 5.91 Å². The largest absolute Gasteiger partial charge is 0.346 e. The van der Waals surface area contributed by atoms with Crippen LogP contribution >= 0.6 is 0 Å². The molecule has 0 atom stereocenters. The van der Waals surface area contributed by atoms with Crippen LogP contribution in [0, 0.1) is 0 Å². The number of amides is 1. The van der Waals surface area contributed by atoms with Gasteiger partial charge in [-0.3, -0.25) is 10.1 Å². The molecule has 2 N–H and O–H groups in total. The first-order valence-electron chi connectivity index (χ1n) is 6.61. The molecule has 3 aromatic heterocycles. The minimum absolute atomic E-state index is 0.236. The van der Waals surface area contributed by atoms with Gasteiger partial charge in [0.1, 0.15) is 12.0 Å². The van der Waals surface area contributed by atoms with Crippen LogP contribution in [0.5, 0.6) is 0 Å². The first-order chi connectivity index (χ1) is 9.97. The third-order valence-corrected chi connectivity index (χ3v) is 3.11. The summed E-state index contributed by atoms with van der Waals surface area (Å²) in [5.74, 6) is 0.188. The number of nitrogens with zero attached hydrogens (tertiary/aromatic N) is 4. The van der Waals surface area contributed by atoms with Gasteiger partial charge in [0.15, 0.2) is 0 Å². The number of hydrogen-bond acceptors (Lipinski definition) is 4. The Bertz CT molecular complexity index is 795. The molecular formula is C14H16N6O. The lowest BCUT2D eigenvalue weighted by molar-refractivity contribution is 0.102. The molecule has 3 aromatic rings. The molecule has 0 aliphatic heterocycles. The van der Waals surface area contributed by atoms with E-state index in [2.05, 4.69) is 25.4 Å². The van der Waals surface area contributed by atoms with Gasteiger partial charge in [0.05, 0.1) is 11.1 Å². The lowest BCUT2D eigenvalue weighted by Crippen LogP contribution is -2.27. The Kier molecular flexibility index (Phi) is 2.97. The van der Waals surface area contributed by atoms with Gasteiger partial charge in [-0.25, -0.2) is 9.67 Å². The predicted molar refractivity (Wildman–Crippen MR) is 79.1 cm³/mol. The van der Waals surface area contributed by atoms with Gasteiger partial charge in [-0.15, -0.1) is 0 Å². The normalized spacial score (nSPS) is 11.8. The highest BCUT2D eigenvalue weighted by Crippen LogP contribution is 2.19. The van der Waals surface area contributed by atoms with Gasteiger partial charge >= 0.3 is 0 Å². The number of anilines is 1. The third kappa shape index (κ3) is 2.37. The smallest absolute Gasteiger partial charge is 0.258 e. The third-order valence-electron chi connectivity index (χ3n) is 3.11. The van der Waals surface area contributed by atoms with E-state index < -0.39 is 0 Å². The number of nitrogens with one attached hydrogen (secondary N) is 2. The van der Waals surface area contributed by atoms with E-state index in [-0.39, 0.29) is 11.4 Å². The summed E-state index contributed by atoms with van der Waals surface area (Å²) in [5, 5.41) is 7.74. The number of carbonyl (C=O) groups is 1. The van der Waals surface area contributed by atoms with Gasteiger partial charge in [0.2, 0.25) is 5.95 Å². The quantitative estimate of drug-likeness (QED) is 0.754. The van der Waals surface area contributed by atoms with Crippen molar-refractivity contribution in [1.29, 1.82) is 0 Å². The molecule has 0 aliphatic rings. The zero-order valence-electron chi connectivity index (χ0n) is 12.1. The number of H-pyrrole nitrogens is 1. The van der Waals surface area contributed by atoms with Crippen molar-refractivity contribution in [1.82, 2.24) is 24.7 Å². The standard InChI is InChI=1S/C14H16N6O/c1-14(2,3)20-13(17-8-18-20)19-12(21)10-5-7-16-11-9(10)4-6-15-11/h4-8H,1-3H3,(H,15,16)(H,17,18,19,21). The fourth-order valence-corrected chi connectivity index (χ4v) is 2.15. The number of carbonyl (C=O) groups excluding carboxylic acids is 1. The van der Waals surface area contributed by atoms with E-state index in [1.807, 2.05) is 26.8 Å². The van der Waals surface area contributed by atoms with Crippen LogP contribution in [-0.4, -0.2) is 30.6 Å². The van der Waals surface area contributed by atoms with E-state index >= 15 is 0 Å². The molecular weight excluding hydrogens is 268 g/mol. The summed E-state index contributed by atoms with van der Waals surface area (Å²) in [6.45, 7) is 5.98. The number of pyridine rings is 1. The number of aromatic amines is 1. The molecule has 0 aromatic carbocycles. The van der Waals surface area contributed by atoms with Crippen LogP contribution in [0.3, 0.4) is 0 Å². The number of rotatable bonds is 2. The average Bonchev–Trinajstić information content (AvgIpc) is 3.04. The van der Waals surface area contributed by atoms with Crippen molar-refractivity contribution in [2.24, 2.45) is 0 Å². The molecule has 0 unspecified atom stereocenters. The zero-order chi connectivity index (χ0) is 15.0. The summed E-state index contributed by atoms with van der Waals surface area (Å²) in [6, 6.07) is 3.51. The summed E-state index contributed by atoms with van der Waals surface area (Å²) >= 11 is 0. The van der Waals surface area contributed by atoms with Crippen molar-refractivity contribution in [2.45, 2.75) is 26.3 Å². The molecule has 1 amide bonds. The SMILES string of the molecule is CC(C)(C)n1ncnc1NC(=O)c1ccnc2[nH]ccc12. The topological polar surface area (TPSA) is 88.5 Å². The predicted octanol–water partition coefficient (Wildman–Crippen LogP) is 2.16. The molecule has 0 fully saturated rings. The number of hydrogen-bond donors (Lipinski definition) is 2. The Morgan fingerprint density at radius 3 is 2.86 bits per heavy atom. The summed E-state index contributed by atoms with van der Waals surface area (Å²) < 4.78 is 1.68. The van der Waals surface area contributed by atoms with Crippen LogP contribution in [0.15, 0.2) is 30.9 Å². The molecule has 0 saturated heterocycles. The molecule has 0 spiro atoms. The van der Waals surface area contributed by atoms with E-state index in [4.69, 9.17) is 0 Å². The minimum atomic E-state index is -0.263. The summed E-state index contributed by atoms with van der Waals surface area (Å²) in [5.41, 5.74) is 0.963. The van der Waals surface area contributed by atoms with Crippen LogP contribution < -0.4 is 5.32 Å². The second kappa shape index (κ2) is 4.69. The van der Waals surface area contributed by atoms with E-state index in [0.29, 0.717) is 17.2 Å². The van der Waals surface area contributed by atoms with Gasteiger partial charge in [-0.05, 0) is 32.9 Å². The van der Waals surface area contributed by atoms with Gasteiger partial charge in [-0.2, -0.15) is 10.1 Å². The van der Waals surface area contributed by atoms with Crippen LogP contribution in [0.25, 0.3) is 11.0 Å². The van der Waals surface area contributed by atoms with Crippen LogP contribution in [0.1, 0.15) is 31.1 Å². The molecule has 0 radical (unpaired) electrons. The Balaban J connectivity index is 1.94. The second-order valence-corrected chi connectivity index (χ2v) is 5.72. The van der Waals surface area contributed by atoms with Crippen LogP contribution in [-0.2, 0) is 5.54 Å². The lowest BCUT2D eigenvalue weighted by Gasteiger charge is -2.21. The highest BCUT2D eigenvalue weighted by Gasteiger charge is 2.21. The molecule has 0 aliphatic carbocycles. The summed E-state index contributed by atoms with van der Waals surface area (Å²) in [6.07, 6.45) is 4.79. The van der Waals surface area contributed by atoms with Crippen molar-refractivity contribution in [2.75, 3.05) is 5.32 Å². The molecule has 108 valence electrons. The minimum Gasteiger partial charge on any atom is -0.346 e. The molecule has 3 heterocycles. The lowest BCUT2D eigenvalue weighted by atomic mass is 10.1. The van der Waals surface area contributed by atoms with Gasteiger partial charge < -0.3 is 4.98 Å². The fourth-order valence-electron chi connectivity index (χ4n) is 2.15. The van der Waals surface area contributed by atoms with Crippen LogP contribution in [0.4, 0.5) is 5.95 Å². The van der Waals surface area contributed by atoms with Crippen molar-refractivity contribution in [3.8, 4) is 0 Å². The Morgan fingerprint density at radius 1 is 1.29 bits per heavy atom. The number of aromatic nitrogens is 5.